The molecular weight excluding hydrogens is 158 g/mol. The molecule has 0 aromatic carbocycles. The molecular formula is C7H11N3O2. The molecule has 0 aliphatic heterocycles. The smallest absolute Gasteiger partial charge is 0.240 e. The van der Waals surface area contributed by atoms with Crippen LogP contribution < -0.4 is 10.6 Å². The van der Waals surface area contributed by atoms with Crippen molar-refractivity contribution in [2.24, 2.45) is 0 Å². The molecule has 0 aromatic heterocycles. The number of nitriles is 1. The molecule has 12 heavy (non-hydrogen) atoms. The Morgan fingerprint density at radius 3 is 2.58 bits per heavy atom. The molecule has 0 rings (SSSR count). The summed E-state index contributed by atoms with van der Waals surface area (Å²) < 4.78 is 0. The minimum atomic E-state index is -0.522. The summed E-state index contributed by atoms with van der Waals surface area (Å²) in [4.78, 5) is 21.2. The minimum absolute atomic E-state index is 0.0820. The highest BCUT2D eigenvalue weighted by molar-refractivity contribution is 5.83. The zero-order valence-corrected chi connectivity index (χ0v) is 7.05. The molecule has 66 valence electrons. The maximum atomic E-state index is 10.8. The van der Waals surface area contributed by atoms with Crippen molar-refractivity contribution in [2.75, 3.05) is 6.54 Å². The average Bonchev–Trinajstić information content (AvgIpc) is 2.00. The van der Waals surface area contributed by atoms with E-state index in [-0.39, 0.29) is 18.4 Å². The number of nitrogens with zero attached hydrogens (tertiary/aromatic N) is 1. The van der Waals surface area contributed by atoms with Gasteiger partial charge >= 0.3 is 0 Å². The highest BCUT2D eigenvalue weighted by Crippen LogP contribution is 1.75. The van der Waals surface area contributed by atoms with Crippen molar-refractivity contribution in [3.63, 3.8) is 0 Å². The van der Waals surface area contributed by atoms with Crippen molar-refractivity contribution in [1.82, 2.24) is 10.6 Å². The van der Waals surface area contributed by atoms with E-state index in [0.717, 1.165) is 0 Å². The fourth-order valence-corrected chi connectivity index (χ4v) is 0.530. The van der Waals surface area contributed by atoms with Gasteiger partial charge in [-0.15, -0.1) is 0 Å². The van der Waals surface area contributed by atoms with Gasteiger partial charge in [0.15, 0.2) is 0 Å². The van der Waals surface area contributed by atoms with Crippen molar-refractivity contribution < 1.29 is 9.59 Å². The molecule has 0 aromatic rings. The Hall–Kier alpha value is -1.57. The number of carbonyl (C=O) groups excluding carboxylic acids is 2. The second-order valence-electron chi connectivity index (χ2n) is 2.33. The fraction of sp³-hybridized carbons (Fsp3) is 0.571. The zero-order valence-electron chi connectivity index (χ0n) is 7.05. The monoisotopic (exact) mass is 169 g/mol. The molecule has 2 N–H and O–H groups in total. The molecule has 0 aliphatic carbocycles. The van der Waals surface area contributed by atoms with Crippen LogP contribution in [0.25, 0.3) is 0 Å². The molecule has 2 amide bonds. The van der Waals surface area contributed by atoms with E-state index in [1.165, 1.54) is 6.92 Å². The Labute approximate surface area is 70.7 Å². The topological polar surface area (TPSA) is 82.0 Å². The quantitative estimate of drug-likeness (QED) is 0.577. The van der Waals surface area contributed by atoms with E-state index in [0.29, 0.717) is 0 Å². The summed E-state index contributed by atoms with van der Waals surface area (Å²) in [5.41, 5.74) is 0. The van der Waals surface area contributed by atoms with E-state index in [4.69, 9.17) is 5.26 Å². The van der Waals surface area contributed by atoms with Gasteiger partial charge < -0.3 is 10.6 Å². The predicted octanol–water partition coefficient (Wildman–Crippen LogP) is -0.849. The molecule has 0 saturated heterocycles. The van der Waals surface area contributed by atoms with Gasteiger partial charge in [-0.3, -0.25) is 9.59 Å². The lowest BCUT2D eigenvalue weighted by molar-refractivity contribution is -0.125. The number of rotatable bonds is 3. The number of hydrogen-bond donors (Lipinski definition) is 2. The van der Waals surface area contributed by atoms with Crippen LogP contribution >= 0.6 is 0 Å². The molecule has 0 aliphatic rings. The predicted molar refractivity (Wildman–Crippen MR) is 41.9 cm³/mol. The number of carbonyl (C=O) groups is 2. The van der Waals surface area contributed by atoms with Gasteiger partial charge in [0.05, 0.1) is 12.6 Å². The number of nitrogens with one attached hydrogen (secondary N) is 2. The van der Waals surface area contributed by atoms with Crippen LogP contribution in [0.5, 0.6) is 0 Å². The molecule has 0 fully saturated rings. The van der Waals surface area contributed by atoms with Gasteiger partial charge in [0.2, 0.25) is 11.8 Å². The minimum Gasteiger partial charge on any atom is -0.347 e. The highest BCUT2D eigenvalue weighted by atomic mass is 16.2. The maximum Gasteiger partial charge on any atom is 0.240 e. The van der Waals surface area contributed by atoms with Gasteiger partial charge in [0.25, 0.3) is 0 Å². The molecule has 0 spiro atoms. The standard InChI is InChI=1S/C7H11N3O2/c1-5(3-8)10-7(12)4-9-6(2)11/h5H,4H2,1-2H3,(H,9,11)(H,10,12)/t5-/m1/s1. The molecule has 0 heterocycles. The molecule has 0 unspecified atom stereocenters. The average molecular weight is 169 g/mol. The molecule has 1 atom stereocenters. The summed E-state index contributed by atoms with van der Waals surface area (Å²) in [6, 6.07) is 1.32. The van der Waals surface area contributed by atoms with E-state index in [1.54, 1.807) is 6.92 Å². The first-order chi connectivity index (χ1) is 5.56. The van der Waals surface area contributed by atoms with Crippen LogP contribution in [-0.4, -0.2) is 24.4 Å². The first-order valence-electron chi connectivity index (χ1n) is 3.49. The third kappa shape index (κ3) is 5.23. The van der Waals surface area contributed by atoms with E-state index < -0.39 is 6.04 Å². The van der Waals surface area contributed by atoms with Gasteiger partial charge in [-0.25, -0.2) is 0 Å². The summed E-state index contributed by atoms with van der Waals surface area (Å²) in [5.74, 6) is -0.631. The Kier molecular flexibility index (Phi) is 4.46. The van der Waals surface area contributed by atoms with E-state index in [2.05, 4.69) is 10.6 Å². The second kappa shape index (κ2) is 5.13. The van der Waals surface area contributed by atoms with Crippen molar-refractivity contribution in [1.29, 1.82) is 5.26 Å². The lowest BCUT2D eigenvalue weighted by Crippen LogP contribution is -2.39. The van der Waals surface area contributed by atoms with Crippen LogP contribution in [0.15, 0.2) is 0 Å². The normalized spacial score (nSPS) is 11.1. The van der Waals surface area contributed by atoms with Gasteiger partial charge in [-0.2, -0.15) is 5.26 Å². The van der Waals surface area contributed by atoms with Gasteiger partial charge in [-0.1, -0.05) is 0 Å². The molecule has 0 saturated carbocycles. The number of hydrogen-bond acceptors (Lipinski definition) is 3. The summed E-state index contributed by atoms with van der Waals surface area (Å²) in [6.07, 6.45) is 0. The van der Waals surface area contributed by atoms with Crippen molar-refractivity contribution in [3.8, 4) is 6.07 Å². The van der Waals surface area contributed by atoms with Crippen molar-refractivity contribution in [2.45, 2.75) is 19.9 Å². The van der Waals surface area contributed by atoms with Gasteiger partial charge in [-0.05, 0) is 6.92 Å². The second-order valence-corrected chi connectivity index (χ2v) is 2.33. The van der Waals surface area contributed by atoms with Crippen molar-refractivity contribution in [3.05, 3.63) is 0 Å². The van der Waals surface area contributed by atoms with Crippen LogP contribution in [0.2, 0.25) is 0 Å². The van der Waals surface area contributed by atoms with Gasteiger partial charge in [0, 0.05) is 6.92 Å². The molecule has 0 radical (unpaired) electrons. The molecule has 0 bridgehead atoms. The maximum absolute atomic E-state index is 10.8. The molecule has 5 nitrogen and oxygen atoms in total. The van der Waals surface area contributed by atoms with E-state index in [1.807, 2.05) is 6.07 Å². The highest BCUT2D eigenvalue weighted by Gasteiger charge is 2.05. The van der Waals surface area contributed by atoms with Crippen molar-refractivity contribution >= 4 is 11.8 Å². The summed E-state index contributed by atoms with van der Waals surface area (Å²) in [6.45, 7) is 2.80. The fourth-order valence-electron chi connectivity index (χ4n) is 0.530. The Balaban J connectivity index is 3.62. The lowest BCUT2D eigenvalue weighted by atomic mass is 10.4. The Bertz CT molecular complexity index is 219. The van der Waals surface area contributed by atoms with Gasteiger partial charge in [0.1, 0.15) is 6.04 Å². The largest absolute Gasteiger partial charge is 0.347 e. The Morgan fingerprint density at radius 2 is 2.17 bits per heavy atom. The Morgan fingerprint density at radius 1 is 1.58 bits per heavy atom. The third-order valence-corrected chi connectivity index (χ3v) is 1.07. The van der Waals surface area contributed by atoms with E-state index in [9.17, 15) is 9.59 Å². The third-order valence-electron chi connectivity index (χ3n) is 1.07. The first-order valence-corrected chi connectivity index (χ1v) is 3.49. The summed E-state index contributed by atoms with van der Waals surface area (Å²) >= 11 is 0. The SMILES string of the molecule is CC(=O)NCC(=O)N[C@H](C)C#N. The van der Waals surface area contributed by atoms with Crippen LogP contribution in [0.3, 0.4) is 0 Å². The summed E-state index contributed by atoms with van der Waals surface area (Å²) in [7, 11) is 0. The van der Waals surface area contributed by atoms with Crippen LogP contribution in [0.1, 0.15) is 13.8 Å². The summed E-state index contributed by atoms with van der Waals surface area (Å²) in [5, 5.41) is 13.0. The van der Waals surface area contributed by atoms with Crippen LogP contribution in [0, 0.1) is 11.3 Å². The van der Waals surface area contributed by atoms with Crippen LogP contribution in [-0.2, 0) is 9.59 Å². The van der Waals surface area contributed by atoms with Crippen LogP contribution in [0.4, 0.5) is 0 Å². The molecule has 5 heteroatoms. The lowest BCUT2D eigenvalue weighted by Gasteiger charge is -2.05. The zero-order chi connectivity index (χ0) is 9.56. The van der Waals surface area contributed by atoms with E-state index >= 15 is 0 Å². The number of amides is 2. The first kappa shape index (κ1) is 10.4.